The molecule has 0 fully saturated rings. The molecular weight excluding hydrogens is 398 g/mol. The van der Waals surface area contributed by atoms with E-state index in [0.717, 1.165) is 22.5 Å². The van der Waals surface area contributed by atoms with Gasteiger partial charge in [-0.1, -0.05) is 48.9 Å². The number of rotatable bonds is 7. The van der Waals surface area contributed by atoms with E-state index >= 15 is 0 Å². The van der Waals surface area contributed by atoms with Crippen molar-refractivity contribution in [2.75, 3.05) is 0 Å². The van der Waals surface area contributed by atoms with Crippen molar-refractivity contribution in [2.24, 2.45) is 0 Å². The van der Waals surface area contributed by atoms with Crippen LogP contribution in [0, 0.1) is 0 Å². The highest BCUT2D eigenvalue weighted by Crippen LogP contribution is 2.19. The van der Waals surface area contributed by atoms with Crippen LogP contribution in [0.5, 0.6) is 0 Å². The predicted molar refractivity (Wildman–Crippen MR) is 117 cm³/mol. The molecule has 4 rings (SSSR count). The number of benzene rings is 2. The molecule has 0 radical (unpaired) electrons. The Balaban J connectivity index is 1.52. The first-order chi connectivity index (χ1) is 14.7. The highest BCUT2D eigenvalue weighted by molar-refractivity contribution is 6.30. The number of hydrogen-bond acceptors (Lipinski definition) is 3. The molecule has 0 aliphatic rings. The Morgan fingerprint density at radius 2 is 1.97 bits per heavy atom. The molecule has 4 aromatic rings. The Bertz CT molecular complexity index is 1150. The SMILES string of the molecule is CCc1c(C(=O)NCc2ccccc2Cn2ccnc2)cnn1-c1cccc(Cl)c1. The minimum atomic E-state index is -0.141. The van der Waals surface area contributed by atoms with E-state index in [4.69, 9.17) is 11.6 Å². The Morgan fingerprint density at radius 3 is 2.70 bits per heavy atom. The van der Waals surface area contributed by atoms with Gasteiger partial charge < -0.3 is 9.88 Å². The zero-order valence-electron chi connectivity index (χ0n) is 16.6. The number of aromatic nitrogens is 4. The van der Waals surface area contributed by atoms with E-state index in [-0.39, 0.29) is 5.91 Å². The molecule has 7 heteroatoms. The molecule has 1 N–H and O–H groups in total. The molecule has 0 unspecified atom stereocenters. The number of amides is 1. The lowest BCUT2D eigenvalue weighted by atomic mass is 10.1. The molecule has 0 bridgehead atoms. The summed E-state index contributed by atoms with van der Waals surface area (Å²) in [6.07, 6.45) is 7.76. The normalized spacial score (nSPS) is 10.9. The maximum absolute atomic E-state index is 12.9. The Labute approximate surface area is 180 Å². The summed E-state index contributed by atoms with van der Waals surface area (Å²) in [7, 11) is 0. The molecule has 30 heavy (non-hydrogen) atoms. The van der Waals surface area contributed by atoms with Gasteiger partial charge in [-0.3, -0.25) is 4.79 Å². The third kappa shape index (κ3) is 4.28. The Hall–Kier alpha value is -3.38. The van der Waals surface area contributed by atoms with Gasteiger partial charge in [0.15, 0.2) is 0 Å². The van der Waals surface area contributed by atoms with Crippen LogP contribution >= 0.6 is 11.6 Å². The van der Waals surface area contributed by atoms with Crippen molar-refractivity contribution in [2.45, 2.75) is 26.4 Å². The molecule has 1 amide bonds. The van der Waals surface area contributed by atoms with Crippen molar-refractivity contribution in [3.63, 3.8) is 0 Å². The van der Waals surface area contributed by atoms with Gasteiger partial charge in [0.05, 0.1) is 29.5 Å². The smallest absolute Gasteiger partial charge is 0.255 e. The van der Waals surface area contributed by atoms with Crippen molar-refractivity contribution in [1.82, 2.24) is 24.6 Å². The molecule has 6 nitrogen and oxygen atoms in total. The van der Waals surface area contributed by atoms with E-state index in [1.165, 1.54) is 0 Å². The first kappa shape index (κ1) is 19.9. The minimum absolute atomic E-state index is 0.141. The largest absolute Gasteiger partial charge is 0.348 e. The summed E-state index contributed by atoms with van der Waals surface area (Å²) < 4.78 is 3.78. The van der Waals surface area contributed by atoms with Crippen LogP contribution in [0.25, 0.3) is 5.69 Å². The lowest BCUT2D eigenvalue weighted by Crippen LogP contribution is -2.24. The zero-order valence-corrected chi connectivity index (χ0v) is 17.4. The van der Waals surface area contributed by atoms with Gasteiger partial charge in [-0.2, -0.15) is 5.10 Å². The summed E-state index contributed by atoms with van der Waals surface area (Å²) in [6, 6.07) is 15.5. The first-order valence-electron chi connectivity index (χ1n) is 9.79. The van der Waals surface area contributed by atoms with E-state index in [0.29, 0.717) is 30.1 Å². The average molecular weight is 420 g/mol. The number of halogens is 1. The van der Waals surface area contributed by atoms with Crippen molar-refractivity contribution >= 4 is 17.5 Å². The lowest BCUT2D eigenvalue weighted by molar-refractivity contribution is 0.0950. The molecule has 0 saturated carbocycles. The number of carbonyl (C=O) groups is 1. The highest BCUT2D eigenvalue weighted by atomic mass is 35.5. The van der Waals surface area contributed by atoms with Crippen LogP contribution in [-0.4, -0.2) is 25.2 Å². The van der Waals surface area contributed by atoms with Crippen molar-refractivity contribution < 1.29 is 4.79 Å². The average Bonchev–Trinajstić information content (AvgIpc) is 3.42. The van der Waals surface area contributed by atoms with Crippen molar-refractivity contribution in [3.8, 4) is 5.69 Å². The molecule has 0 saturated heterocycles. The van der Waals surface area contributed by atoms with Gasteiger partial charge in [0.1, 0.15) is 0 Å². The summed E-state index contributed by atoms with van der Waals surface area (Å²) in [4.78, 5) is 17.0. The molecular formula is C23H22ClN5O. The van der Waals surface area contributed by atoms with Gasteiger partial charge in [0.2, 0.25) is 0 Å². The molecule has 2 aromatic heterocycles. The number of imidazole rings is 1. The van der Waals surface area contributed by atoms with E-state index in [1.807, 2.05) is 60.2 Å². The molecule has 152 valence electrons. The topological polar surface area (TPSA) is 64.7 Å². The fourth-order valence-electron chi connectivity index (χ4n) is 3.47. The maximum atomic E-state index is 12.9. The number of carbonyl (C=O) groups excluding carboxylic acids is 1. The minimum Gasteiger partial charge on any atom is -0.348 e. The molecule has 2 heterocycles. The van der Waals surface area contributed by atoms with Gasteiger partial charge >= 0.3 is 0 Å². The zero-order chi connectivity index (χ0) is 20.9. The molecule has 0 atom stereocenters. The van der Waals surface area contributed by atoms with E-state index in [2.05, 4.69) is 21.5 Å². The summed E-state index contributed by atoms with van der Waals surface area (Å²) in [5.74, 6) is -0.141. The van der Waals surface area contributed by atoms with Crippen LogP contribution < -0.4 is 5.32 Å². The summed E-state index contributed by atoms with van der Waals surface area (Å²) in [5, 5.41) is 8.10. The number of hydrogen-bond donors (Lipinski definition) is 1. The maximum Gasteiger partial charge on any atom is 0.255 e. The quantitative estimate of drug-likeness (QED) is 0.486. The molecule has 0 aliphatic heterocycles. The van der Waals surface area contributed by atoms with Crippen molar-refractivity contribution in [3.05, 3.63) is 101 Å². The van der Waals surface area contributed by atoms with Crippen LogP contribution in [0.15, 0.2) is 73.4 Å². The summed E-state index contributed by atoms with van der Waals surface area (Å²) >= 11 is 6.12. The van der Waals surface area contributed by atoms with Crippen LogP contribution in [-0.2, 0) is 19.5 Å². The van der Waals surface area contributed by atoms with Crippen LogP contribution in [0.4, 0.5) is 0 Å². The monoisotopic (exact) mass is 419 g/mol. The lowest BCUT2D eigenvalue weighted by Gasteiger charge is -2.12. The Morgan fingerprint density at radius 1 is 1.13 bits per heavy atom. The summed E-state index contributed by atoms with van der Waals surface area (Å²) in [6.45, 7) is 3.16. The van der Waals surface area contributed by atoms with Crippen LogP contribution in [0.3, 0.4) is 0 Å². The van der Waals surface area contributed by atoms with Crippen LogP contribution in [0.2, 0.25) is 5.02 Å². The van der Waals surface area contributed by atoms with Gasteiger partial charge in [-0.05, 0) is 35.7 Å². The van der Waals surface area contributed by atoms with Gasteiger partial charge in [0.25, 0.3) is 5.91 Å². The standard InChI is InChI=1S/C23H22ClN5O/c1-2-22-21(14-27-29(22)20-9-5-8-19(24)12-20)23(30)26-13-17-6-3-4-7-18(17)15-28-11-10-25-16-28/h3-12,14,16H,2,13,15H2,1H3,(H,26,30). The van der Waals surface area contributed by atoms with Crippen molar-refractivity contribution in [1.29, 1.82) is 0 Å². The molecule has 2 aromatic carbocycles. The highest BCUT2D eigenvalue weighted by Gasteiger charge is 2.17. The number of nitrogens with zero attached hydrogens (tertiary/aromatic N) is 4. The predicted octanol–water partition coefficient (Wildman–Crippen LogP) is 4.26. The van der Waals surface area contributed by atoms with E-state index in [9.17, 15) is 4.79 Å². The number of nitrogens with one attached hydrogen (secondary N) is 1. The second-order valence-corrected chi connectivity index (χ2v) is 7.37. The van der Waals surface area contributed by atoms with Gasteiger partial charge in [0, 0.05) is 30.5 Å². The molecule has 0 spiro atoms. The summed E-state index contributed by atoms with van der Waals surface area (Å²) in [5.41, 5.74) is 4.47. The third-order valence-corrected chi connectivity index (χ3v) is 5.21. The first-order valence-corrected chi connectivity index (χ1v) is 10.2. The van der Waals surface area contributed by atoms with E-state index < -0.39 is 0 Å². The van der Waals surface area contributed by atoms with E-state index in [1.54, 1.807) is 23.4 Å². The third-order valence-electron chi connectivity index (χ3n) is 4.97. The van der Waals surface area contributed by atoms with Crippen LogP contribution in [0.1, 0.15) is 34.1 Å². The fourth-order valence-corrected chi connectivity index (χ4v) is 3.65. The second-order valence-electron chi connectivity index (χ2n) is 6.94. The Kier molecular flexibility index (Phi) is 5.95. The van der Waals surface area contributed by atoms with Gasteiger partial charge in [-0.15, -0.1) is 0 Å². The fraction of sp³-hybridized carbons (Fsp3) is 0.174. The van der Waals surface area contributed by atoms with Gasteiger partial charge in [-0.25, -0.2) is 9.67 Å². The second kappa shape index (κ2) is 8.97. The molecule has 0 aliphatic carbocycles.